The monoisotopic (exact) mass is 366 g/mol. The first-order valence-corrected chi connectivity index (χ1v) is 10.9. The van der Waals surface area contributed by atoms with Crippen molar-refractivity contribution in [1.82, 2.24) is 25.4 Å². The van der Waals surface area contributed by atoms with Gasteiger partial charge in [0, 0.05) is 32.1 Å². The van der Waals surface area contributed by atoms with Crippen LogP contribution in [0, 0.1) is 5.92 Å². The topological polar surface area (TPSA) is 67.1 Å². The third-order valence-electron chi connectivity index (χ3n) is 4.44. The van der Waals surface area contributed by atoms with Crippen molar-refractivity contribution in [3.63, 3.8) is 0 Å². The number of guanidine groups is 1. The van der Waals surface area contributed by atoms with Gasteiger partial charge in [-0.1, -0.05) is 38.5 Å². The molecule has 1 heterocycles. The predicted octanol–water partition coefficient (Wildman–Crippen LogP) is 3.26. The van der Waals surface area contributed by atoms with Gasteiger partial charge in [0.25, 0.3) is 0 Å². The molecular weight excluding hydrogens is 332 g/mol. The van der Waals surface area contributed by atoms with Gasteiger partial charge < -0.3 is 15.2 Å². The minimum atomic E-state index is 0.574. The summed E-state index contributed by atoms with van der Waals surface area (Å²) in [6, 6.07) is 0.602. The highest BCUT2D eigenvalue weighted by molar-refractivity contribution is 7.98. The second-order valence-corrected chi connectivity index (χ2v) is 7.83. The van der Waals surface area contributed by atoms with Gasteiger partial charge in [-0.3, -0.25) is 4.99 Å². The van der Waals surface area contributed by atoms with Gasteiger partial charge >= 0.3 is 0 Å². The molecule has 0 atom stereocenters. The van der Waals surface area contributed by atoms with Crippen molar-refractivity contribution in [3.05, 3.63) is 5.82 Å². The zero-order chi connectivity index (χ0) is 18.1. The Labute approximate surface area is 156 Å². The van der Waals surface area contributed by atoms with Crippen LogP contribution in [0.25, 0.3) is 0 Å². The van der Waals surface area contributed by atoms with Gasteiger partial charge in [0.1, 0.15) is 5.82 Å². The molecule has 2 rings (SSSR count). The highest BCUT2D eigenvalue weighted by atomic mass is 32.2. The molecule has 0 aromatic carbocycles. The molecule has 1 saturated carbocycles. The lowest BCUT2D eigenvalue weighted by atomic mass is 10.2. The smallest absolute Gasteiger partial charge is 0.191 e. The Morgan fingerprint density at radius 2 is 2.04 bits per heavy atom. The largest absolute Gasteiger partial charge is 0.357 e. The zero-order valence-electron chi connectivity index (χ0n) is 16.2. The van der Waals surface area contributed by atoms with E-state index in [-0.39, 0.29) is 0 Å². The van der Waals surface area contributed by atoms with Gasteiger partial charge in [0.2, 0.25) is 0 Å². The van der Waals surface area contributed by atoms with Gasteiger partial charge in [-0.15, -0.1) is 10.2 Å². The Bertz CT molecular complexity index is 534. The summed E-state index contributed by atoms with van der Waals surface area (Å²) >= 11 is 1.71. The summed E-state index contributed by atoms with van der Waals surface area (Å²) in [5, 5.41) is 16.7. The second kappa shape index (κ2) is 10.7. The standard InChI is InChI=1S/C18H34N6S/c1-5-19-17(21-13-14(2)3)20-12-8-11-16-22-23-18(25-4)24(16)15-9-6-7-10-15/h14-15H,5-13H2,1-4H3,(H2,19,20,21). The summed E-state index contributed by atoms with van der Waals surface area (Å²) in [6.07, 6.45) is 9.28. The van der Waals surface area contributed by atoms with E-state index in [0.717, 1.165) is 49.4 Å². The Balaban J connectivity index is 1.86. The van der Waals surface area contributed by atoms with Crippen LogP contribution in [0.15, 0.2) is 10.1 Å². The van der Waals surface area contributed by atoms with E-state index in [2.05, 4.69) is 57.4 Å². The molecule has 1 aliphatic rings. The number of rotatable bonds is 9. The summed E-state index contributed by atoms with van der Waals surface area (Å²) in [4.78, 5) is 4.61. The number of thioether (sulfide) groups is 1. The van der Waals surface area contributed by atoms with Crippen molar-refractivity contribution >= 4 is 17.7 Å². The van der Waals surface area contributed by atoms with Crippen molar-refractivity contribution < 1.29 is 0 Å². The van der Waals surface area contributed by atoms with Crippen molar-refractivity contribution in [3.8, 4) is 0 Å². The van der Waals surface area contributed by atoms with Crippen LogP contribution in [0.5, 0.6) is 0 Å². The fourth-order valence-electron chi connectivity index (χ4n) is 3.22. The minimum Gasteiger partial charge on any atom is -0.357 e. The number of hydrogen-bond acceptors (Lipinski definition) is 4. The van der Waals surface area contributed by atoms with E-state index in [4.69, 9.17) is 0 Å². The number of aromatic nitrogens is 3. The minimum absolute atomic E-state index is 0.574. The molecule has 142 valence electrons. The molecule has 0 amide bonds. The van der Waals surface area contributed by atoms with Crippen LogP contribution in [0.3, 0.4) is 0 Å². The maximum absolute atomic E-state index is 4.61. The third-order valence-corrected chi connectivity index (χ3v) is 5.08. The number of hydrogen-bond donors (Lipinski definition) is 2. The van der Waals surface area contributed by atoms with Crippen LogP contribution in [0.1, 0.15) is 64.7 Å². The number of aliphatic imine (C=N–C) groups is 1. The van der Waals surface area contributed by atoms with Crippen molar-refractivity contribution in [2.24, 2.45) is 10.9 Å². The molecular formula is C18H34N6S. The fourth-order valence-corrected chi connectivity index (χ4v) is 3.79. The average Bonchev–Trinajstić information content (AvgIpc) is 3.24. The Hall–Kier alpha value is -1.24. The highest BCUT2D eigenvalue weighted by Gasteiger charge is 2.23. The third kappa shape index (κ3) is 6.20. The first-order valence-electron chi connectivity index (χ1n) is 9.65. The molecule has 1 fully saturated rings. The van der Waals surface area contributed by atoms with Crippen molar-refractivity contribution in [2.45, 2.75) is 70.5 Å². The van der Waals surface area contributed by atoms with Crippen molar-refractivity contribution in [2.75, 3.05) is 25.9 Å². The summed E-state index contributed by atoms with van der Waals surface area (Å²) in [5.41, 5.74) is 0. The lowest BCUT2D eigenvalue weighted by Crippen LogP contribution is -2.38. The Morgan fingerprint density at radius 3 is 2.68 bits per heavy atom. The summed E-state index contributed by atoms with van der Waals surface area (Å²) in [6.45, 7) is 9.11. The molecule has 0 radical (unpaired) electrons. The molecule has 25 heavy (non-hydrogen) atoms. The SMILES string of the molecule is CCNC(=NCC(C)C)NCCCc1nnc(SC)n1C1CCCC1. The Morgan fingerprint density at radius 1 is 1.28 bits per heavy atom. The number of nitrogens with zero attached hydrogens (tertiary/aromatic N) is 4. The van der Waals surface area contributed by atoms with Crippen LogP contribution in [0.2, 0.25) is 0 Å². The summed E-state index contributed by atoms with van der Waals surface area (Å²) in [7, 11) is 0. The first kappa shape index (κ1) is 20.1. The van der Waals surface area contributed by atoms with Crippen LogP contribution < -0.4 is 10.6 Å². The van der Waals surface area contributed by atoms with E-state index in [0.29, 0.717) is 12.0 Å². The average molecular weight is 367 g/mol. The maximum atomic E-state index is 4.61. The predicted molar refractivity (Wildman–Crippen MR) is 106 cm³/mol. The molecule has 0 aliphatic heterocycles. The van der Waals surface area contributed by atoms with E-state index in [1.807, 2.05) is 0 Å². The number of nitrogens with one attached hydrogen (secondary N) is 2. The quantitative estimate of drug-likeness (QED) is 0.304. The van der Waals surface area contributed by atoms with Crippen LogP contribution in [-0.2, 0) is 6.42 Å². The first-order chi connectivity index (χ1) is 12.2. The molecule has 0 unspecified atom stereocenters. The highest BCUT2D eigenvalue weighted by Crippen LogP contribution is 2.33. The molecule has 1 aromatic heterocycles. The maximum Gasteiger partial charge on any atom is 0.191 e. The molecule has 0 spiro atoms. The molecule has 1 aromatic rings. The van der Waals surface area contributed by atoms with Crippen LogP contribution in [-0.4, -0.2) is 46.6 Å². The van der Waals surface area contributed by atoms with E-state index in [1.54, 1.807) is 11.8 Å². The van der Waals surface area contributed by atoms with Gasteiger partial charge in [-0.05, 0) is 38.4 Å². The summed E-state index contributed by atoms with van der Waals surface area (Å²) in [5.74, 6) is 2.63. The molecule has 7 heteroatoms. The van der Waals surface area contributed by atoms with Gasteiger partial charge in [-0.2, -0.15) is 0 Å². The van der Waals surface area contributed by atoms with Gasteiger partial charge in [0.15, 0.2) is 11.1 Å². The van der Waals surface area contributed by atoms with E-state index < -0.39 is 0 Å². The summed E-state index contributed by atoms with van der Waals surface area (Å²) < 4.78 is 2.40. The Kier molecular flexibility index (Phi) is 8.58. The van der Waals surface area contributed by atoms with Gasteiger partial charge in [0.05, 0.1) is 0 Å². The van der Waals surface area contributed by atoms with E-state index >= 15 is 0 Å². The molecule has 2 N–H and O–H groups in total. The van der Waals surface area contributed by atoms with Crippen LogP contribution in [0.4, 0.5) is 0 Å². The van der Waals surface area contributed by atoms with Crippen LogP contribution >= 0.6 is 11.8 Å². The van der Waals surface area contributed by atoms with E-state index in [1.165, 1.54) is 25.7 Å². The normalized spacial score (nSPS) is 16.0. The second-order valence-electron chi connectivity index (χ2n) is 7.06. The fraction of sp³-hybridized carbons (Fsp3) is 0.833. The molecule has 0 saturated heterocycles. The zero-order valence-corrected chi connectivity index (χ0v) is 17.0. The van der Waals surface area contributed by atoms with E-state index in [9.17, 15) is 0 Å². The lowest BCUT2D eigenvalue weighted by molar-refractivity contribution is 0.460. The molecule has 1 aliphatic carbocycles. The lowest BCUT2D eigenvalue weighted by Gasteiger charge is -2.16. The van der Waals surface area contributed by atoms with Crippen molar-refractivity contribution in [1.29, 1.82) is 0 Å². The van der Waals surface area contributed by atoms with Gasteiger partial charge in [-0.25, -0.2) is 0 Å². The number of aryl methyl sites for hydroxylation is 1. The molecule has 6 nitrogen and oxygen atoms in total. The molecule has 0 bridgehead atoms.